The Morgan fingerprint density at radius 3 is 2.76 bits per heavy atom. The van der Waals surface area contributed by atoms with E-state index in [4.69, 9.17) is 4.52 Å². The third-order valence-electron chi connectivity index (χ3n) is 5.01. The van der Waals surface area contributed by atoms with E-state index in [2.05, 4.69) is 30.2 Å². The van der Waals surface area contributed by atoms with Crippen LogP contribution < -0.4 is 5.32 Å². The number of aliphatic imine (C=N–C) groups is 1. The molecule has 1 aromatic carbocycles. The number of hydrogen-bond acceptors (Lipinski definition) is 5. The standard InChI is InChI=1S/C20H24FN7O/c1-22-20(27-9-7-26(8-10-27)14-17-4-11-29-25-17)24-13-16-2-3-19(18(21)12-16)28-6-5-23-15-28/h2-6,11-12,15H,7-10,13-14H2,1H3,(H,22,24). The molecule has 152 valence electrons. The van der Waals surface area contributed by atoms with Crippen molar-refractivity contribution >= 4 is 5.96 Å². The van der Waals surface area contributed by atoms with Gasteiger partial charge in [-0.15, -0.1) is 0 Å². The lowest BCUT2D eigenvalue weighted by molar-refractivity contribution is 0.169. The van der Waals surface area contributed by atoms with E-state index in [0.717, 1.165) is 49.9 Å². The summed E-state index contributed by atoms with van der Waals surface area (Å²) in [6.07, 6.45) is 6.54. The molecule has 1 aliphatic heterocycles. The third kappa shape index (κ3) is 4.62. The Hall–Kier alpha value is -3.20. The van der Waals surface area contributed by atoms with Crippen LogP contribution in [-0.2, 0) is 13.1 Å². The average molecular weight is 397 g/mol. The molecule has 3 aromatic rings. The van der Waals surface area contributed by atoms with Gasteiger partial charge in [0, 0.05) is 64.8 Å². The van der Waals surface area contributed by atoms with E-state index in [9.17, 15) is 4.39 Å². The predicted molar refractivity (Wildman–Crippen MR) is 107 cm³/mol. The number of aromatic nitrogens is 3. The van der Waals surface area contributed by atoms with Crippen molar-refractivity contribution in [2.24, 2.45) is 4.99 Å². The molecule has 0 saturated carbocycles. The summed E-state index contributed by atoms with van der Waals surface area (Å²) in [6, 6.07) is 7.11. The fourth-order valence-electron chi connectivity index (χ4n) is 3.45. The minimum absolute atomic E-state index is 0.279. The number of nitrogens with zero attached hydrogens (tertiary/aromatic N) is 6. The number of hydrogen-bond donors (Lipinski definition) is 1. The second kappa shape index (κ2) is 8.87. The van der Waals surface area contributed by atoms with Crippen LogP contribution >= 0.6 is 0 Å². The lowest BCUT2D eigenvalue weighted by Crippen LogP contribution is -2.52. The van der Waals surface area contributed by atoms with Gasteiger partial charge in [-0.1, -0.05) is 11.2 Å². The number of guanidine groups is 1. The van der Waals surface area contributed by atoms with Gasteiger partial charge in [-0.2, -0.15) is 0 Å². The van der Waals surface area contributed by atoms with Crippen molar-refractivity contribution in [3.8, 4) is 5.69 Å². The normalized spacial score (nSPS) is 15.7. The molecule has 0 aliphatic carbocycles. The minimum Gasteiger partial charge on any atom is -0.364 e. The molecule has 4 rings (SSSR count). The molecule has 1 saturated heterocycles. The molecule has 1 aliphatic rings. The number of rotatable bonds is 5. The highest BCUT2D eigenvalue weighted by atomic mass is 19.1. The lowest BCUT2D eigenvalue weighted by atomic mass is 10.2. The quantitative estimate of drug-likeness (QED) is 0.524. The summed E-state index contributed by atoms with van der Waals surface area (Å²) < 4.78 is 21.0. The van der Waals surface area contributed by atoms with Crippen molar-refractivity contribution < 1.29 is 8.91 Å². The summed E-state index contributed by atoms with van der Waals surface area (Å²) in [5, 5.41) is 7.31. The number of piperazine rings is 1. The molecular formula is C20H24FN7O. The minimum atomic E-state index is -0.279. The summed E-state index contributed by atoms with van der Waals surface area (Å²) >= 11 is 0. The Balaban J connectivity index is 1.30. The summed E-state index contributed by atoms with van der Waals surface area (Å²) in [5.41, 5.74) is 2.29. The second-order valence-electron chi connectivity index (χ2n) is 6.91. The van der Waals surface area contributed by atoms with Gasteiger partial charge in [-0.3, -0.25) is 9.89 Å². The van der Waals surface area contributed by atoms with Crippen LogP contribution in [0.2, 0.25) is 0 Å². The third-order valence-corrected chi connectivity index (χ3v) is 5.01. The fourth-order valence-corrected chi connectivity index (χ4v) is 3.45. The Morgan fingerprint density at radius 1 is 1.24 bits per heavy atom. The van der Waals surface area contributed by atoms with E-state index in [1.165, 1.54) is 0 Å². The van der Waals surface area contributed by atoms with E-state index in [0.29, 0.717) is 12.2 Å². The van der Waals surface area contributed by atoms with Gasteiger partial charge in [0.1, 0.15) is 12.1 Å². The molecule has 0 unspecified atom stereocenters. The summed E-state index contributed by atoms with van der Waals surface area (Å²) in [5.74, 6) is 0.545. The van der Waals surface area contributed by atoms with Crippen LogP contribution in [0.5, 0.6) is 0 Å². The van der Waals surface area contributed by atoms with Crippen LogP contribution in [0.15, 0.2) is 58.8 Å². The van der Waals surface area contributed by atoms with Gasteiger partial charge < -0.3 is 19.3 Å². The second-order valence-corrected chi connectivity index (χ2v) is 6.91. The van der Waals surface area contributed by atoms with E-state index < -0.39 is 0 Å². The fraction of sp³-hybridized carbons (Fsp3) is 0.350. The lowest BCUT2D eigenvalue weighted by Gasteiger charge is -2.36. The first kappa shape index (κ1) is 19.1. The van der Waals surface area contributed by atoms with Crippen LogP contribution in [0.3, 0.4) is 0 Å². The highest BCUT2D eigenvalue weighted by molar-refractivity contribution is 5.80. The zero-order chi connectivity index (χ0) is 20.1. The Kier molecular flexibility index (Phi) is 5.85. The molecule has 0 amide bonds. The van der Waals surface area contributed by atoms with Gasteiger partial charge in [0.15, 0.2) is 5.96 Å². The molecule has 2 aromatic heterocycles. The molecular weight excluding hydrogens is 373 g/mol. The van der Waals surface area contributed by atoms with Crippen molar-refractivity contribution in [1.82, 2.24) is 29.8 Å². The van der Waals surface area contributed by atoms with Crippen LogP contribution in [0.4, 0.5) is 4.39 Å². The number of halogens is 1. The Labute approximate surface area is 168 Å². The first-order chi connectivity index (χ1) is 14.2. The van der Waals surface area contributed by atoms with Crippen molar-refractivity contribution in [3.05, 3.63) is 66.3 Å². The zero-order valence-electron chi connectivity index (χ0n) is 16.3. The first-order valence-corrected chi connectivity index (χ1v) is 9.57. The number of benzene rings is 1. The largest absolute Gasteiger partial charge is 0.364 e. The van der Waals surface area contributed by atoms with Gasteiger partial charge in [-0.25, -0.2) is 9.37 Å². The zero-order valence-corrected chi connectivity index (χ0v) is 16.3. The van der Waals surface area contributed by atoms with Gasteiger partial charge in [0.05, 0.1) is 17.7 Å². The van der Waals surface area contributed by atoms with Crippen molar-refractivity contribution in [2.45, 2.75) is 13.1 Å². The maximum absolute atomic E-state index is 14.4. The van der Waals surface area contributed by atoms with Gasteiger partial charge in [0.2, 0.25) is 0 Å². The topological polar surface area (TPSA) is 74.7 Å². The smallest absolute Gasteiger partial charge is 0.194 e. The highest BCUT2D eigenvalue weighted by Crippen LogP contribution is 2.15. The molecule has 1 N–H and O–H groups in total. The van der Waals surface area contributed by atoms with Crippen LogP contribution in [0.1, 0.15) is 11.3 Å². The van der Waals surface area contributed by atoms with Gasteiger partial charge in [0.25, 0.3) is 0 Å². The molecule has 29 heavy (non-hydrogen) atoms. The summed E-state index contributed by atoms with van der Waals surface area (Å²) in [7, 11) is 1.77. The summed E-state index contributed by atoms with van der Waals surface area (Å²) in [4.78, 5) is 12.9. The van der Waals surface area contributed by atoms with Crippen LogP contribution in [0.25, 0.3) is 5.69 Å². The molecule has 9 heteroatoms. The van der Waals surface area contributed by atoms with Crippen molar-refractivity contribution in [3.63, 3.8) is 0 Å². The van der Waals surface area contributed by atoms with E-state index in [1.807, 2.05) is 12.1 Å². The van der Waals surface area contributed by atoms with E-state index in [-0.39, 0.29) is 5.82 Å². The Morgan fingerprint density at radius 2 is 2.10 bits per heavy atom. The summed E-state index contributed by atoms with van der Waals surface area (Å²) in [6.45, 7) is 4.87. The molecule has 3 heterocycles. The highest BCUT2D eigenvalue weighted by Gasteiger charge is 2.20. The van der Waals surface area contributed by atoms with Crippen molar-refractivity contribution in [1.29, 1.82) is 0 Å². The van der Waals surface area contributed by atoms with Crippen molar-refractivity contribution in [2.75, 3.05) is 33.2 Å². The van der Waals surface area contributed by atoms with Crippen LogP contribution in [0, 0.1) is 5.82 Å². The maximum Gasteiger partial charge on any atom is 0.194 e. The van der Waals surface area contributed by atoms with E-state index in [1.54, 1.807) is 48.7 Å². The molecule has 0 atom stereocenters. The molecule has 0 spiro atoms. The first-order valence-electron chi connectivity index (χ1n) is 9.57. The molecule has 0 radical (unpaired) electrons. The Bertz CT molecular complexity index is 932. The SMILES string of the molecule is CN=C(NCc1ccc(-n2ccnc2)c(F)c1)N1CCN(Cc2ccon2)CC1. The molecule has 0 bridgehead atoms. The maximum atomic E-state index is 14.4. The number of nitrogens with one attached hydrogen (secondary N) is 1. The van der Waals surface area contributed by atoms with Gasteiger partial charge >= 0.3 is 0 Å². The monoisotopic (exact) mass is 397 g/mol. The van der Waals surface area contributed by atoms with Gasteiger partial charge in [-0.05, 0) is 17.7 Å². The van der Waals surface area contributed by atoms with Crippen LogP contribution in [-0.4, -0.2) is 63.7 Å². The molecule has 8 nitrogen and oxygen atoms in total. The average Bonchev–Trinajstić information content (AvgIpc) is 3.44. The molecule has 1 fully saturated rings. The number of imidazole rings is 1. The van der Waals surface area contributed by atoms with E-state index >= 15 is 0 Å². The predicted octanol–water partition coefficient (Wildman–Crippen LogP) is 1.89.